The Kier molecular flexibility index (Phi) is 4.40. The zero-order valence-corrected chi connectivity index (χ0v) is 13.1. The van der Waals surface area contributed by atoms with Crippen molar-refractivity contribution in [3.8, 4) is 0 Å². The quantitative estimate of drug-likeness (QED) is 0.855. The predicted molar refractivity (Wildman–Crippen MR) is 82.6 cm³/mol. The molecule has 0 aliphatic rings. The van der Waals surface area contributed by atoms with Crippen molar-refractivity contribution >= 4 is 22.6 Å². The molecule has 1 atom stereocenters. The summed E-state index contributed by atoms with van der Waals surface area (Å²) < 4.78 is 3.19. The van der Waals surface area contributed by atoms with Gasteiger partial charge in [0.05, 0.1) is 5.69 Å². The third-order valence-electron chi connectivity index (χ3n) is 3.13. The summed E-state index contributed by atoms with van der Waals surface area (Å²) in [5, 5.41) is 7.84. The molecule has 0 fully saturated rings. The number of halogens is 1. The summed E-state index contributed by atoms with van der Waals surface area (Å²) in [6, 6.07) is 8.85. The van der Waals surface area contributed by atoms with Crippen molar-refractivity contribution in [1.82, 2.24) is 15.1 Å². The van der Waals surface area contributed by atoms with Crippen molar-refractivity contribution in [3.05, 3.63) is 50.9 Å². The van der Waals surface area contributed by atoms with E-state index in [2.05, 4.69) is 64.2 Å². The van der Waals surface area contributed by atoms with Gasteiger partial charge in [-0.2, -0.15) is 5.10 Å². The average Bonchev–Trinajstić information content (AvgIpc) is 2.76. The van der Waals surface area contributed by atoms with E-state index in [-0.39, 0.29) is 0 Å². The molecular formula is C14H18IN3. The van der Waals surface area contributed by atoms with Crippen molar-refractivity contribution in [1.29, 1.82) is 0 Å². The maximum absolute atomic E-state index is 4.45. The Morgan fingerprint density at radius 1 is 1.39 bits per heavy atom. The highest BCUT2D eigenvalue weighted by atomic mass is 127. The van der Waals surface area contributed by atoms with Gasteiger partial charge in [-0.15, -0.1) is 0 Å². The van der Waals surface area contributed by atoms with Gasteiger partial charge in [0.2, 0.25) is 0 Å². The van der Waals surface area contributed by atoms with Crippen molar-refractivity contribution in [2.24, 2.45) is 7.05 Å². The van der Waals surface area contributed by atoms with Gasteiger partial charge in [-0.3, -0.25) is 4.68 Å². The lowest BCUT2D eigenvalue weighted by molar-refractivity contribution is 0.574. The minimum absolute atomic E-state index is 0.312. The van der Waals surface area contributed by atoms with Gasteiger partial charge in [0.15, 0.2) is 0 Å². The number of rotatable bonds is 4. The molecule has 3 nitrogen and oxygen atoms in total. The molecule has 96 valence electrons. The second-order valence-electron chi connectivity index (χ2n) is 4.50. The van der Waals surface area contributed by atoms with Crippen LogP contribution in [0.15, 0.2) is 30.5 Å². The van der Waals surface area contributed by atoms with Crippen molar-refractivity contribution in [2.75, 3.05) is 7.05 Å². The molecule has 0 aliphatic carbocycles. The van der Waals surface area contributed by atoms with E-state index < -0.39 is 0 Å². The zero-order chi connectivity index (χ0) is 13.1. The van der Waals surface area contributed by atoms with Crippen LogP contribution in [0.4, 0.5) is 0 Å². The van der Waals surface area contributed by atoms with E-state index in [0.717, 1.165) is 12.1 Å². The number of nitrogens with one attached hydrogen (secondary N) is 1. The molecule has 0 radical (unpaired) electrons. The van der Waals surface area contributed by atoms with Crippen LogP contribution in [0, 0.1) is 10.5 Å². The summed E-state index contributed by atoms with van der Waals surface area (Å²) in [6.45, 7) is 2.15. The van der Waals surface area contributed by atoms with Crippen LogP contribution < -0.4 is 5.32 Å². The van der Waals surface area contributed by atoms with Crippen LogP contribution >= 0.6 is 22.6 Å². The number of likely N-dealkylation sites (N-methyl/N-ethyl adjacent to an activating group) is 1. The van der Waals surface area contributed by atoms with Crippen molar-refractivity contribution < 1.29 is 0 Å². The normalized spacial score (nSPS) is 12.7. The van der Waals surface area contributed by atoms with Crippen LogP contribution in [0.1, 0.15) is 22.9 Å². The molecule has 4 heteroatoms. The first-order valence-electron chi connectivity index (χ1n) is 6.02. The Bertz CT molecular complexity index is 534. The Morgan fingerprint density at radius 3 is 2.78 bits per heavy atom. The molecule has 1 N–H and O–H groups in total. The SMILES string of the molecule is CNC(Cc1ccn(C)n1)c1cccc(C)c1I. The molecule has 1 aromatic heterocycles. The highest BCUT2D eigenvalue weighted by Gasteiger charge is 2.15. The fourth-order valence-corrected chi connectivity index (χ4v) is 2.82. The van der Waals surface area contributed by atoms with Crippen LogP contribution in [0.3, 0.4) is 0 Å². The number of nitrogens with zero attached hydrogens (tertiary/aromatic N) is 2. The summed E-state index contributed by atoms with van der Waals surface area (Å²) >= 11 is 2.43. The van der Waals surface area contributed by atoms with Crippen LogP contribution in [-0.2, 0) is 13.5 Å². The van der Waals surface area contributed by atoms with Gasteiger partial charge in [-0.25, -0.2) is 0 Å². The minimum Gasteiger partial charge on any atom is -0.313 e. The molecule has 0 bridgehead atoms. The largest absolute Gasteiger partial charge is 0.313 e. The van der Waals surface area contributed by atoms with Crippen LogP contribution in [0.2, 0.25) is 0 Å². The first-order valence-corrected chi connectivity index (χ1v) is 7.10. The van der Waals surface area contributed by atoms with Gasteiger partial charge in [0, 0.05) is 29.3 Å². The number of benzene rings is 1. The monoisotopic (exact) mass is 355 g/mol. The molecule has 1 heterocycles. The van der Waals surface area contributed by atoms with E-state index in [9.17, 15) is 0 Å². The summed E-state index contributed by atoms with van der Waals surface area (Å²) in [5.74, 6) is 0. The third kappa shape index (κ3) is 2.92. The van der Waals surface area contributed by atoms with E-state index in [1.165, 1.54) is 14.7 Å². The van der Waals surface area contributed by atoms with Crippen LogP contribution in [0.5, 0.6) is 0 Å². The highest BCUT2D eigenvalue weighted by Crippen LogP contribution is 2.25. The number of aryl methyl sites for hydroxylation is 2. The van der Waals surface area contributed by atoms with Crippen molar-refractivity contribution in [3.63, 3.8) is 0 Å². The summed E-state index contributed by atoms with van der Waals surface area (Å²) in [4.78, 5) is 0. The molecule has 0 saturated heterocycles. The summed E-state index contributed by atoms with van der Waals surface area (Å²) in [6.07, 6.45) is 2.90. The topological polar surface area (TPSA) is 29.9 Å². The lowest BCUT2D eigenvalue weighted by Gasteiger charge is -2.18. The Balaban J connectivity index is 2.25. The molecular weight excluding hydrogens is 337 g/mol. The van der Waals surface area contributed by atoms with E-state index in [0.29, 0.717) is 6.04 Å². The van der Waals surface area contributed by atoms with E-state index in [4.69, 9.17) is 0 Å². The van der Waals surface area contributed by atoms with Crippen molar-refractivity contribution in [2.45, 2.75) is 19.4 Å². The van der Waals surface area contributed by atoms with Gasteiger partial charge >= 0.3 is 0 Å². The predicted octanol–water partition coefficient (Wildman–Crippen LogP) is 2.84. The lowest BCUT2D eigenvalue weighted by Crippen LogP contribution is -2.20. The fourth-order valence-electron chi connectivity index (χ4n) is 2.09. The van der Waals surface area contributed by atoms with Gasteiger partial charge in [-0.1, -0.05) is 18.2 Å². The lowest BCUT2D eigenvalue weighted by atomic mass is 10.0. The molecule has 1 aromatic carbocycles. The van der Waals surface area contributed by atoms with Crippen LogP contribution in [0.25, 0.3) is 0 Å². The molecule has 0 aliphatic heterocycles. The second kappa shape index (κ2) is 5.84. The number of aromatic nitrogens is 2. The maximum atomic E-state index is 4.45. The van der Waals surface area contributed by atoms with Gasteiger partial charge in [0.1, 0.15) is 0 Å². The summed E-state index contributed by atoms with van der Waals surface area (Å²) in [7, 11) is 3.96. The molecule has 18 heavy (non-hydrogen) atoms. The Labute approximate surface area is 122 Å². The first-order chi connectivity index (χ1) is 8.61. The fraction of sp³-hybridized carbons (Fsp3) is 0.357. The minimum atomic E-state index is 0.312. The van der Waals surface area contributed by atoms with E-state index in [1.54, 1.807) is 0 Å². The highest BCUT2D eigenvalue weighted by molar-refractivity contribution is 14.1. The smallest absolute Gasteiger partial charge is 0.0643 e. The van der Waals surface area contributed by atoms with E-state index in [1.807, 2.05) is 25.0 Å². The maximum Gasteiger partial charge on any atom is 0.0643 e. The second-order valence-corrected chi connectivity index (χ2v) is 5.58. The number of hydrogen-bond donors (Lipinski definition) is 1. The Morgan fingerprint density at radius 2 is 2.17 bits per heavy atom. The zero-order valence-electron chi connectivity index (χ0n) is 10.9. The molecule has 2 aromatic rings. The molecule has 2 rings (SSSR count). The molecule has 1 unspecified atom stereocenters. The first kappa shape index (κ1) is 13.5. The van der Waals surface area contributed by atoms with Gasteiger partial charge in [0.25, 0.3) is 0 Å². The standard InChI is InChI=1S/C14H18IN3/c1-10-5-4-6-12(14(10)15)13(16-2)9-11-7-8-18(3)17-11/h4-8,13,16H,9H2,1-3H3. The van der Waals surface area contributed by atoms with Crippen LogP contribution in [-0.4, -0.2) is 16.8 Å². The van der Waals surface area contributed by atoms with E-state index >= 15 is 0 Å². The van der Waals surface area contributed by atoms with Gasteiger partial charge in [-0.05, 0) is 53.8 Å². The Hall–Kier alpha value is -0.880. The molecule has 0 spiro atoms. The third-order valence-corrected chi connectivity index (χ3v) is 4.60. The average molecular weight is 355 g/mol. The number of hydrogen-bond acceptors (Lipinski definition) is 2. The summed E-state index contributed by atoms with van der Waals surface area (Å²) in [5.41, 5.74) is 3.80. The van der Waals surface area contributed by atoms with Gasteiger partial charge < -0.3 is 5.32 Å². The molecule has 0 saturated carbocycles. The molecule has 0 amide bonds.